The number of anilines is 1. The predicted molar refractivity (Wildman–Crippen MR) is 169 cm³/mol. The van der Waals surface area contributed by atoms with E-state index in [2.05, 4.69) is 25.7 Å². The van der Waals surface area contributed by atoms with Crippen molar-refractivity contribution in [3.05, 3.63) is 93.2 Å². The fourth-order valence-electron chi connectivity index (χ4n) is 6.12. The summed E-state index contributed by atoms with van der Waals surface area (Å²) in [6.45, 7) is 1.88. The van der Waals surface area contributed by atoms with Crippen molar-refractivity contribution < 1.29 is 9.18 Å². The molecule has 2 bridgehead atoms. The van der Waals surface area contributed by atoms with Gasteiger partial charge in [-0.1, -0.05) is 41.8 Å². The third-order valence-corrected chi connectivity index (χ3v) is 9.17. The van der Waals surface area contributed by atoms with Crippen LogP contribution < -0.4 is 10.9 Å². The minimum Gasteiger partial charge on any atom is -0.323 e. The molecule has 1 amide bonds. The van der Waals surface area contributed by atoms with Gasteiger partial charge in [0.1, 0.15) is 5.82 Å². The van der Waals surface area contributed by atoms with Crippen molar-refractivity contribution in [3.8, 4) is 28.1 Å². The number of halogens is 3. The second-order valence-electron chi connectivity index (χ2n) is 11.7. The molecule has 4 aromatic heterocycles. The zero-order valence-corrected chi connectivity index (χ0v) is 25.8. The van der Waals surface area contributed by atoms with Gasteiger partial charge in [0.2, 0.25) is 5.91 Å². The highest BCUT2D eigenvalue weighted by Crippen LogP contribution is 2.40. The van der Waals surface area contributed by atoms with Crippen LogP contribution in [-0.4, -0.2) is 40.2 Å². The number of rotatable bonds is 4. The lowest BCUT2D eigenvalue weighted by molar-refractivity contribution is -0.119. The lowest BCUT2D eigenvalue weighted by atomic mass is 9.92. The normalized spacial score (nSPS) is 18.8. The average Bonchev–Trinajstić information content (AvgIpc) is 3.61. The van der Waals surface area contributed by atoms with Crippen molar-refractivity contribution in [2.45, 2.75) is 57.5 Å². The standard InChI is InChI=1S/C32H29Cl2FN8O2/c1-18-4-2-7-28(25-12-19(10-11-36-25)31-26(38-32(18)45)15-37-43(31)21-5-3-6-21)41-16-24(35)22(14-30(41)44)23-13-20(33)8-9-27(23)42-17-29(34)39-40-42/h8-18,21,28H,2-7H2,1H3,(H,38,45). The molecule has 10 nitrogen and oxygen atoms in total. The molecular weight excluding hydrogens is 618 g/mol. The lowest BCUT2D eigenvalue weighted by Gasteiger charge is -2.28. The van der Waals surface area contributed by atoms with E-state index in [0.29, 0.717) is 46.9 Å². The maximum atomic E-state index is 16.1. The molecule has 2 unspecified atom stereocenters. The number of fused-ring (bicyclic) bond motifs is 4. The molecule has 1 fully saturated rings. The predicted octanol–water partition coefficient (Wildman–Crippen LogP) is 6.87. The summed E-state index contributed by atoms with van der Waals surface area (Å²) >= 11 is 12.3. The Balaban J connectivity index is 1.34. The monoisotopic (exact) mass is 646 g/mol. The first kappa shape index (κ1) is 29.4. The maximum absolute atomic E-state index is 16.1. The minimum atomic E-state index is -0.621. The number of aromatic nitrogens is 7. The van der Waals surface area contributed by atoms with Crippen molar-refractivity contribution in [1.82, 2.24) is 34.3 Å². The summed E-state index contributed by atoms with van der Waals surface area (Å²) < 4.78 is 20.9. The molecule has 0 spiro atoms. The van der Waals surface area contributed by atoms with Crippen molar-refractivity contribution >= 4 is 34.8 Å². The molecule has 0 saturated heterocycles. The van der Waals surface area contributed by atoms with E-state index in [1.165, 1.54) is 27.7 Å². The molecule has 2 aliphatic rings. The fraction of sp³-hybridized carbons (Fsp3) is 0.312. The number of carbonyl (C=O) groups excluding carboxylic acids is 1. The van der Waals surface area contributed by atoms with Gasteiger partial charge < -0.3 is 9.88 Å². The van der Waals surface area contributed by atoms with Gasteiger partial charge in [-0.05, 0) is 62.4 Å². The van der Waals surface area contributed by atoms with Crippen LogP contribution in [0.4, 0.5) is 10.1 Å². The lowest BCUT2D eigenvalue weighted by Crippen LogP contribution is -2.27. The van der Waals surface area contributed by atoms with Crippen LogP contribution in [0, 0.1) is 11.7 Å². The molecule has 1 saturated carbocycles. The Bertz CT molecular complexity index is 1980. The van der Waals surface area contributed by atoms with Crippen molar-refractivity contribution in [2.24, 2.45) is 5.92 Å². The summed E-state index contributed by atoms with van der Waals surface area (Å²) in [6.07, 6.45) is 10.9. The summed E-state index contributed by atoms with van der Waals surface area (Å²) in [7, 11) is 0. The first-order chi connectivity index (χ1) is 21.8. The van der Waals surface area contributed by atoms with E-state index in [-0.39, 0.29) is 28.6 Å². The number of amides is 1. The van der Waals surface area contributed by atoms with Crippen molar-refractivity contribution in [2.75, 3.05) is 5.32 Å². The molecule has 45 heavy (non-hydrogen) atoms. The summed E-state index contributed by atoms with van der Waals surface area (Å²) in [5, 5.41) is 16.1. The van der Waals surface area contributed by atoms with Crippen LogP contribution >= 0.6 is 23.2 Å². The molecule has 5 heterocycles. The molecule has 0 radical (unpaired) electrons. The molecule has 230 valence electrons. The van der Waals surface area contributed by atoms with Gasteiger partial charge >= 0.3 is 0 Å². The van der Waals surface area contributed by atoms with E-state index in [9.17, 15) is 9.59 Å². The maximum Gasteiger partial charge on any atom is 0.251 e. The van der Waals surface area contributed by atoms with Gasteiger partial charge in [0, 0.05) is 46.1 Å². The zero-order valence-electron chi connectivity index (χ0n) is 24.3. The van der Waals surface area contributed by atoms with Crippen molar-refractivity contribution in [3.63, 3.8) is 0 Å². The van der Waals surface area contributed by atoms with Gasteiger partial charge in [0.25, 0.3) is 5.56 Å². The quantitative estimate of drug-likeness (QED) is 0.228. The fourth-order valence-corrected chi connectivity index (χ4v) is 6.42. The van der Waals surface area contributed by atoms with Crippen LogP contribution in [0.2, 0.25) is 10.2 Å². The summed E-state index contributed by atoms with van der Waals surface area (Å²) in [5.41, 5.74) is 3.36. The Morgan fingerprint density at radius 2 is 1.80 bits per heavy atom. The van der Waals surface area contributed by atoms with Crippen LogP contribution in [0.1, 0.15) is 63.2 Å². The number of carbonyl (C=O) groups is 1. The average molecular weight is 648 g/mol. The molecule has 5 aromatic rings. The van der Waals surface area contributed by atoms with E-state index < -0.39 is 17.4 Å². The number of nitrogens with one attached hydrogen (secondary N) is 1. The smallest absolute Gasteiger partial charge is 0.251 e. The van der Waals surface area contributed by atoms with Gasteiger partial charge in [0.15, 0.2) is 5.15 Å². The van der Waals surface area contributed by atoms with E-state index in [4.69, 9.17) is 23.2 Å². The third kappa shape index (κ3) is 5.55. The molecule has 1 aliphatic carbocycles. The topological polar surface area (TPSA) is 113 Å². The Labute approximate surface area is 267 Å². The number of nitrogens with zero attached hydrogens (tertiary/aromatic N) is 7. The molecule has 13 heteroatoms. The third-order valence-electron chi connectivity index (χ3n) is 8.76. The van der Waals surface area contributed by atoms with Gasteiger partial charge in [0.05, 0.1) is 47.2 Å². The van der Waals surface area contributed by atoms with Gasteiger partial charge in [-0.3, -0.25) is 19.3 Å². The van der Waals surface area contributed by atoms with Gasteiger partial charge in [-0.25, -0.2) is 9.07 Å². The summed E-state index contributed by atoms with van der Waals surface area (Å²) in [5.74, 6) is -0.988. The second-order valence-corrected chi connectivity index (χ2v) is 12.5. The minimum absolute atomic E-state index is 0.0644. The second kappa shape index (κ2) is 11.9. The van der Waals surface area contributed by atoms with Crippen LogP contribution in [0.3, 0.4) is 0 Å². The Hall–Kier alpha value is -4.35. The Morgan fingerprint density at radius 1 is 0.978 bits per heavy atom. The highest BCUT2D eigenvalue weighted by molar-refractivity contribution is 6.31. The first-order valence-electron chi connectivity index (χ1n) is 14.9. The van der Waals surface area contributed by atoms with Crippen LogP contribution in [-0.2, 0) is 4.79 Å². The highest BCUT2D eigenvalue weighted by Gasteiger charge is 2.29. The molecule has 1 N–H and O–H groups in total. The molecule has 1 aliphatic heterocycles. The largest absolute Gasteiger partial charge is 0.323 e. The zero-order chi connectivity index (χ0) is 31.2. The molecular formula is C32H29Cl2FN8O2. The Kier molecular flexibility index (Phi) is 7.74. The van der Waals surface area contributed by atoms with E-state index in [0.717, 1.165) is 30.5 Å². The van der Waals surface area contributed by atoms with Gasteiger partial charge in [-0.2, -0.15) is 5.10 Å². The number of pyridine rings is 2. The van der Waals surface area contributed by atoms with E-state index >= 15 is 4.39 Å². The van der Waals surface area contributed by atoms with Crippen LogP contribution in [0.25, 0.3) is 28.1 Å². The van der Waals surface area contributed by atoms with Crippen LogP contribution in [0.5, 0.6) is 0 Å². The highest BCUT2D eigenvalue weighted by atomic mass is 35.5. The Morgan fingerprint density at radius 3 is 2.56 bits per heavy atom. The summed E-state index contributed by atoms with van der Waals surface area (Å²) in [6, 6.07) is 9.61. The van der Waals surface area contributed by atoms with Crippen molar-refractivity contribution in [1.29, 1.82) is 0 Å². The van der Waals surface area contributed by atoms with Gasteiger partial charge in [-0.15, -0.1) is 5.10 Å². The molecule has 7 rings (SSSR count). The number of hydrogen-bond acceptors (Lipinski definition) is 6. The van der Waals surface area contributed by atoms with E-state index in [1.54, 1.807) is 30.6 Å². The number of hydrogen-bond donors (Lipinski definition) is 1. The first-order valence-corrected chi connectivity index (χ1v) is 15.7. The molecule has 1 aromatic carbocycles. The molecule has 2 atom stereocenters. The SMILES string of the molecule is CC1CCCC(n2cc(F)c(-c3cc(Cl)ccc3-n3cc(Cl)nn3)cc2=O)c2cc(ccn2)-c2c(cnn2C2CCC2)NC1=O. The van der Waals surface area contributed by atoms with E-state index in [1.807, 2.05) is 23.7 Å². The van der Waals surface area contributed by atoms with Crippen LogP contribution in [0.15, 0.2) is 66.0 Å². The number of benzene rings is 1. The summed E-state index contributed by atoms with van der Waals surface area (Å²) in [4.78, 5) is 31.7.